The SMILES string of the molecule is CCOC(=O)c1c(-c2cccs2)csc1NC(=O)c1sccc1C. The Morgan fingerprint density at radius 2 is 2.00 bits per heavy atom. The molecule has 0 fully saturated rings. The van der Waals surface area contributed by atoms with Gasteiger partial charge in [-0.05, 0) is 42.3 Å². The van der Waals surface area contributed by atoms with Gasteiger partial charge in [0.15, 0.2) is 0 Å². The lowest BCUT2D eigenvalue weighted by atomic mass is 10.1. The van der Waals surface area contributed by atoms with E-state index in [1.807, 2.05) is 41.3 Å². The van der Waals surface area contributed by atoms with Crippen LogP contribution in [0.3, 0.4) is 0 Å². The Labute approximate surface area is 151 Å². The summed E-state index contributed by atoms with van der Waals surface area (Å²) < 4.78 is 5.19. The van der Waals surface area contributed by atoms with Crippen LogP contribution in [0.4, 0.5) is 5.00 Å². The lowest BCUT2D eigenvalue weighted by Crippen LogP contribution is -2.14. The zero-order valence-electron chi connectivity index (χ0n) is 13.1. The second kappa shape index (κ2) is 7.29. The zero-order chi connectivity index (χ0) is 17.1. The van der Waals surface area contributed by atoms with Crippen LogP contribution in [0.1, 0.15) is 32.5 Å². The molecule has 4 nitrogen and oxygen atoms in total. The van der Waals surface area contributed by atoms with Gasteiger partial charge in [0.25, 0.3) is 5.91 Å². The number of aryl methyl sites for hydroxylation is 1. The Kier molecular flexibility index (Phi) is 5.13. The Bertz CT molecular complexity index is 862. The number of nitrogens with one attached hydrogen (secondary N) is 1. The van der Waals surface area contributed by atoms with Crippen LogP contribution in [-0.4, -0.2) is 18.5 Å². The maximum atomic E-state index is 12.5. The molecule has 0 aromatic carbocycles. The molecule has 1 N–H and O–H groups in total. The van der Waals surface area contributed by atoms with Crippen LogP contribution in [0.15, 0.2) is 34.3 Å². The number of hydrogen-bond donors (Lipinski definition) is 1. The summed E-state index contributed by atoms with van der Waals surface area (Å²) in [4.78, 5) is 26.5. The van der Waals surface area contributed by atoms with E-state index in [0.717, 1.165) is 16.0 Å². The largest absolute Gasteiger partial charge is 0.462 e. The molecule has 0 aliphatic rings. The van der Waals surface area contributed by atoms with E-state index in [-0.39, 0.29) is 12.5 Å². The molecule has 0 unspecified atom stereocenters. The molecule has 7 heteroatoms. The highest BCUT2D eigenvalue weighted by Crippen LogP contribution is 2.38. The van der Waals surface area contributed by atoms with Crippen LogP contribution >= 0.6 is 34.0 Å². The summed E-state index contributed by atoms with van der Waals surface area (Å²) in [6.07, 6.45) is 0. The monoisotopic (exact) mass is 377 g/mol. The Morgan fingerprint density at radius 3 is 2.62 bits per heavy atom. The second-order valence-corrected chi connectivity index (χ2v) is 7.68. The fraction of sp³-hybridized carbons (Fsp3) is 0.176. The normalized spacial score (nSPS) is 10.6. The van der Waals surface area contributed by atoms with E-state index in [9.17, 15) is 9.59 Å². The first-order valence-corrected chi connectivity index (χ1v) is 9.93. The van der Waals surface area contributed by atoms with Crippen LogP contribution in [0.2, 0.25) is 0 Å². The first kappa shape index (κ1) is 16.9. The van der Waals surface area contributed by atoms with Gasteiger partial charge in [-0.3, -0.25) is 4.79 Å². The summed E-state index contributed by atoms with van der Waals surface area (Å²) in [6, 6.07) is 5.78. The average Bonchev–Trinajstić information content (AvgIpc) is 3.26. The van der Waals surface area contributed by atoms with Gasteiger partial charge in [-0.1, -0.05) is 6.07 Å². The minimum absolute atomic E-state index is 0.201. The summed E-state index contributed by atoms with van der Waals surface area (Å²) in [5.41, 5.74) is 2.14. The summed E-state index contributed by atoms with van der Waals surface area (Å²) in [6.45, 7) is 3.95. The summed E-state index contributed by atoms with van der Waals surface area (Å²) >= 11 is 4.27. The van der Waals surface area contributed by atoms with Crippen LogP contribution in [0.5, 0.6) is 0 Å². The molecular formula is C17H15NO3S3. The van der Waals surface area contributed by atoms with Gasteiger partial charge in [0.05, 0.1) is 11.5 Å². The predicted molar refractivity (Wildman–Crippen MR) is 101 cm³/mol. The lowest BCUT2D eigenvalue weighted by Gasteiger charge is -2.08. The van der Waals surface area contributed by atoms with E-state index in [2.05, 4.69) is 5.32 Å². The maximum absolute atomic E-state index is 12.5. The van der Waals surface area contributed by atoms with Crippen LogP contribution in [0.25, 0.3) is 10.4 Å². The molecule has 24 heavy (non-hydrogen) atoms. The fourth-order valence-corrected chi connectivity index (χ4v) is 4.82. The molecule has 0 saturated heterocycles. The van der Waals surface area contributed by atoms with Crippen molar-refractivity contribution >= 4 is 50.9 Å². The third-order valence-corrected chi connectivity index (χ3v) is 6.17. The van der Waals surface area contributed by atoms with E-state index >= 15 is 0 Å². The summed E-state index contributed by atoms with van der Waals surface area (Å²) in [7, 11) is 0. The van der Waals surface area contributed by atoms with Crippen LogP contribution in [0, 0.1) is 6.92 Å². The summed E-state index contributed by atoms with van der Waals surface area (Å²) in [5, 5.41) is 9.11. The molecule has 3 aromatic heterocycles. The highest BCUT2D eigenvalue weighted by molar-refractivity contribution is 7.17. The van der Waals surface area contributed by atoms with Crippen molar-refractivity contribution in [2.45, 2.75) is 13.8 Å². The third kappa shape index (κ3) is 3.28. The quantitative estimate of drug-likeness (QED) is 0.616. The van der Waals surface area contributed by atoms with E-state index in [4.69, 9.17) is 4.74 Å². The molecular weight excluding hydrogens is 362 g/mol. The van der Waals surface area contributed by atoms with Gasteiger partial charge >= 0.3 is 5.97 Å². The fourth-order valence-electron chi connectivity index (χ4n) is 2.23. The highest BCUT2D eigenvalue weighted by atomic mass is 32.1. The first-order valence-electron chi connectivity index (χ1n) is 7.29. The Hall–Kier alpha value is -1.96. The van der Waals surface area contributed by atoms with Gasteiger partial charge in [-0.2, -0.15) is 0 Å². The Morgan fingerprint density at radius 1 is 1.17 bits per heavy atom. The van der Waals surface area contributed by atoms with Gasteiger partial charge in [0.1, 0.15) is 10.6 Å². The smallest absolute Gasteiger partial charge is 0.341 e. The van der Waals surface area contributed by atoms with Crippen molar-refractivity contribution in [3.63, 3.8) is 0 Å². The molecule has 0 aliphatic heterocycles. The third-order valence-electron chi connectivity index (χ3n) is 3.35. The van der Waals surface area contributed by atoms with Crippen LogP contribution < -0.4 is 5.32 Å². The van der Waals surface area contributed by atoms with Gasteiger partial charge in [0.2, 0.25) is 0 Å². The molecule has 0 radical (unpaired) electrons. The van der Waals surface area contributed by atoms with Crippen molar-refractivity contribution in [3.05, 3.63) is 50.3 Å². The first-order chi connectivity index (χ1) is 11.6. The van der Waals surface area contributed by atoms with Crippen molar-refractivity contribution in [2.24, 2.45) is 0 Å². The summed E-state index contributed by atoms with van der Waals surface area (Å²) in [5.74, 6) is -0.618. The zero-order valence-corrected chi connectivity index (χ0v) is 15.6. The van der Waals surface area contributed by atoms with Crippen molar-refractivity contribution in [1.29, 1.82) is 0 Å². The standard InChI is InChI=1S/C17H15NO3S3/c1-3-21-17(20)13-11(12-5-4-7-22-12)9-24-16(13)18-15(19)14-10(2)6-8-23-14/h4-9H,3H2,1-2H3,(H,18,19). The Balaban J connectivity index is 1.97. The van der Waals surface area contributed by atoms with E-state index < -0.39 is 5.97 Å². The van der Waals surface area contributed by atoms with Crippen LogP contribution in [-0.2, 0) is 4.74 Å². The van der Waals surface area contributed by atoms with E-state index in [1.54, 1.807) is 18.3 Å². The number of carbonyl (C=O) groups excluding carboxylic acids is 2. The molecule has 0 spiro atoms. The molecule has 124 valence electrons. The molecule has 3 aromatic rings. The highest BCUT2D eigenvalue weighted by Gasteiger charge is 2.24. The molecule has 3 heterocycles. The minimum atomic E-state index is -0.416. The molecule has 1 amide bonds. The molecule has 0 aliphatic carbocycles. The van der Waals surface area contributed by atoms with Crippen molar-refractivity contribution < 1.29 is 14.3 Å². The number of hydrogen-bond acceptors (Lipinski definition) is 6. The number of amides is 1. The second-order valence-electron chi connectivity index (χ2n) is 4.94. The number of anilines is 1. The van der Waals surface area contributed by atoms with Gasteiger partial charge in [0, 0.05) is 15.8 Å². The van der Waals surface area contributed by atoms with Crippen molar-refractivity contribution in [3.8, 4) is 10.4 Å². The maximum Gasteiger partial charge on any atom is 0.341 e. The minimum Gasteiger partial charge on any atom is -0.462 e. The van der Waals surface area contributed by atoms with Crippen molar-refractivity contribution in [2.75, 3.05) is 11.9 Å². The average molecular weight is 378 g/mol. The van der Waals surface area contributed by atoms with E-state index in [1.165, 1.54) is 22.7 Å². The van der Waals surface area contributed by atoms with Gasteiger partial charge < -0.3 is 10.1 Å². The van der Waals surface area contributed by atoms with Gasteiger partial charge in [-0.15, -0.1) is 34.0 Å². The molecule has 0 atom stereocenters. The lowest BCUT2D eigenvalue weighted by molar-refractivity contribution is 0.0529. The number of thiophene rings is 3. The van der Waals surface area contributed by atoms with Crippen molar-refractivity contribution in [1.82, 2.24) is 0 Å². The number of rotatable bonds is 5. The molecule has 0 bridgehead atoms. The number of carbonyl (C=O) groups is 2. The molecule has 0 saturated carbocycles. The molecule has 3 rings (SSSR count). The topological polar surface area (TPSA) is 55.4 Å². The number of esters is 1. The predicted octanol–water partition coefficient (Wildman–Crippen LogP) is 5.28. The van der Waals surface area contributed by atoms with Gasteiger partial charge in [-0.25, -0.2) is 4.79 Å². The number of ether oxygens (including phenoxy) is 1. The van der Waals surface area contributed by atoms with E-state index in [0.29, 0.717) is 15.4 Å².